The van der Waals surface area contributed by atoms with E-state index in [1.165, 1.54) is 31.5 Å². The number of hydrogen-bond donors (Lipinski definition) is 2. The Morgan fingerprint density at radius 3 is 2.74 bits per heavy atom. The molecule has 0 aliphatic rings. The SMILES string of the molecule is Cc1ccc(S(=O)(=O)Nc2cn[nH]c2)cc1[N+](=O)[O-]. The zero-order chi connectivity index (χ0) is 14.0. The van der Waals surface area contributed by atoms with Crippen LogP contribution in [0.25, 0.3) is 0 Å². The molecule has 0 unspecified atom stereocenters. The highest BCUT2D eigenvalue weighted by Crippen LogP contribution is 2.23. The lowest BCUT2D eigenvalue weighted by Crippen LogP contribution is -2.12. The van der Waals surface area contributed by atoms with Gasteiger partial charge in [-0.2, -0.15) is 5.10 Å². The third-order valence-corrected chi connectivity index (χ3v) is 3.82. The van der Waals surface area contributed by atoms with Crippen LogP contribution < -0.4 is 4.72 Å². The van der Waals surface area contributed by atoms with E-state index in [9.17, 15) is 18.5 Å². The first-order valence-corrected chi connectivity index (χ1v) is 6.65. The first-order valence-electron chi connectivity index (χ1n) is 5.17. The predicted octanol–water partition coefficient (Wildman–Crippen LogP) is 1.43. The fourth-order valence-corrected chi connectivity index (χ4v) is 2.53. The molecule has 0 aliphatic heterocycles. The Labute approximate surface area is 108 Å². The number of rotatable bonds is 4. The maximum Gasteiger partial charge on any atom is 0.273 e. The molecule has 0 radical (unpaired) electrons. The van der Waals surface area contributed by atoms with Crippen molar-refractivity contribution < 1.29 is 13.3 Å². The fourth-order valence-electron chi connectivity index (χ4n) is 1.47. The smallest absolute Gasteiger partial charge is 0.273 e. The number of H-pyrrole nitrogens is 1. The molecule has 0 atom stereocenters. The number of sulfonamides is 1. The number of nitrogens with zero attached hydrogens (tertiary/aromatic N) is 2. The molecule has 0 amide bonds. The highest BCUT2D eigenvalue weighted by Gasteiger charge is 2.20. The van der Waals surface area contributed by atoms with Crippen LogP contribution >= 0.6 is 0 Å². The van der Waals surface area contributed by atoms with Gasteiger partial charge in [0.2, 0.25) is 0 Å². The van der Waals surface area contributed by atoms with Gasteiger partial charge in [0.25, 0.3) is 15.7 Å². The maximum absolute atomic E-state index is 12.0. The van der Waals surface area contributed by atoms with Crippen LogP contribution in [0.4, 0.5) is 11.4 Å². The lowest BCUT2D eigenvalue weighted by molar-refractivity contribution is -0.385. The summed E-state index contributed by atoms with van der Waals surface area (Å²) in [4.78, 5) is 10.00. The number of hydrogen-bond acceptors (Lipinski definition) is 5. The van der Waals surface area contributed by atoms with E-state index >= 15 is 0 Å². The summed E-state index contributed by atoms with van der Waals surface area (Å²) < 4.78 is 26.3. The molecular weight excluding hydrogens is 272 g/mol. The van der Waals surface area contributed by atoms with Crippen molar-refractivity contribution in [3.8, 4) is 0 Å². The summed E-state index contributed by atoms with van der Waals surface area (Å²) in [6, 6.07) is 3.73. The van der Waals surface area contributed by atoms with Gasteiger partial charge in [0.15, 0.2) is 0 Å². The van der Waals surface area contributed by atoms with Crippen molar-refractivity contribution in [3.63, 3.8) is 0 Å². The Bertz CT molecular complexity index is 709. The van der Waals surface area contributed by atoms with Crippen molar-refractivity contribution >= 4 is 21.4 Å². The summed E-state index contributed by atoms with van der Waals surface area (Å²) in [6.45, 7) is 1.54. The largest absolute Gasteiger partial charge is 0.284 e. The van der Waals surface area contributed by atoms with Crippen LogP contribution in [0.2, 0.25) is 0 Å². The van der Waals surface area contributed by atoms with Gasteiger partial charge in [-0.3, -0.25) is 19.9 Å². The van der Waals surface area contributed by atoms with Gasteiger partial charge in [-0.1, -0.05) is 6.07 Å². The van der Waals surface area contributed by atoms with Crippen LogP contribution in [-0.4, -0.2) is 23.5 Å². The summed E-state index contributed by atoms with van der Waals surface area (Å²) in [5.41, 5.74) is 0.408. The van der Waals surface area contributed by atoms with E-state index < -0.39 is 14.9 Å². The molecule has 0 saturated heterocycles. The summed E-state index contributed by atoms with van der Waals surface area (Å²) in [7, 11) is -3.87. The molecule has 1 aromatic heterocycles. The molecule has 2 N–H and O–H groups in total. The monoisotopic (exact) mass is 282 g/mol. The van der Waals surface area contributed by atoms with Crippen LogP contribution in [-0.2, 0) is 10.0 Å². The molecule has 100 valence electrons. The minimum Gasteiger partial charge on any atom is -0.284 e. The molecular formula is C10H10N4O4S. The molecule has 8 nitrogen and oxygen atoms in total. The molecule has 19 heavy (non-hydrogen) atoms. The molecule has 0 spiro atoms. The summed E-state index contributed by atoms with van der Waals surface area (Å²) in [5.74, 6) is 0. The average molecular weight is 282 g/mol. The van der Waals surface area contributed by atoms with Gasteiger partial charge in [0, 0.05) is 17.8 Å². The van der Waals surface area contributed by atoms with Crippen molar-refractivity contribution in [1.29, 1.82) is 0 Å². The predicted molar refractivity (Wildman–Crippen MR) is 67.2 cm³/mol. The second-order valence-electron chi connectivity index (χ2n) is 3.80. The van der Waals surface area contributed by atoms with Gasteiger partial charge < -0.3 is 0 Å². The minimum atomic E-state index is -3.87. The second-order valence-corrected chi connectivity index (χ2v) is 5.48. The highest BCUT2D eigenvalue weighted by atomic mass is 32.2. The zero-order valence-electron chi connectivity index (χ0n) is 9.82. The maximum atomic E-state index is 12.0. The Balaban J connectivity index is 2.41. The standard InChI is InChI=1S/C10H10N4O4S/c1-7-2-3-9(4-10(7)14(15)16)19(17,18)13-8-5-11-12-6-8/h2-6,13H,1H3,(H,11,12). The molecule has 2 aromatic rings. The van der Waals surface area contributed by atoms with E-state index in [1.807, 2.05) is 0 Å². The fraction of sp³-hybridized carbons (Fsp3) is 0.100. The van der Waals surface area contributed by atoms with Gasteiger partial charge in [0.05, 0.1) is 21.7 Å². The second kappa shape index (κ2) is 4.69. The normalized spacial score (nSPS) is 11.2. The molecule has 0 saturated carbocycles. The quantitative estimate of drug-likeness (QED) is 0.649. The van der Waals surface area contributed by atoms with E-state index in [0.29, 0.717) is 5.56 Å². The number of nitro groups is 1. The first-order chi connectivity index (χ1) is 8.90. The summed E-state index contributed by atoms with van der Waals surface area (Å²) in [5, 5.41) is 16.9. The zero-order valence-corrected chi connectivity index (χ0v) is 10.6. The van der Waals surface area contributed by atoms with Crippen molar-refractivity contribution in [2.45, 2.75) is 11.8 Å². The third kappa shape index (κ3) is 2.71. The van der Waals surface area contributed by atoms with E-state index in [-0.39, 0.29) is 16.3 Å². The Hall–Kier alpha value is -2.42. The van der Waals surface area contributed by atoms with E-state index in [0.717, 1.165) is 6.07 Å². The lowest BCUT2D eigenvalue weighted by atomic mass is 10.2. The molecule has 1 heterocycles. The number of benzene rings is 1. The molecule has 9 heteroatoms. The molecule has 0 aliphatic carbocycles. The van der Waals surface area contributed by atoms with Crippen molar-refractivity contribution in [2.75, 3.05) is 4.72 Å². The Morgan fingerprint density at radius 2 is 2.16 bits per heavy atom. The van der Waals surface area contributed by atoms with Crippen molar-refractivity contribution in [1.82, 2.24) is 10.2 Å². The third-order valence-electron chi connectivity index (χ3n) is 2.44. The van der Waals surface area contributed by atoms with Gasteiger partial charge in [0.1, 0.15) is 0 Å². The average Bonchev–Trinajstić information content (AvgIpc) is 2.80. The van der Waals surface area contributed by atoms with Crippen molar-refractivity contribution in [2.24, 2.45) is 0 Å². The topological polar surface area (TPSA) is 118 Å². The van der Waals surface area contributed by atoms with Gasteiger partial charge >= 0.3 is 0 Å². The molecule has 1 aromatic carbocycles. The molecule has 2 rings (SSSR count). The summed E-state index contributed by atoms with van der Waals surface area (Å²) in [6.07, 6.45) is 2.65. The van der Waals surface area contributed by atoms with E-state index in [2.05, 4.69) is 14.9 Å². The van der Waals surface area contributed by atoms with Gasteiger partial charge in [-0.15, -0.1) is 0 Å². The van der Waals surface area contributed by atoms with E-state index in [4.69, 9.17) is 0 Å². The minimum absolute atomic E-state index is 0.175. The number of anilines is 1. The number of aromatic nitrogens is 2. The molecule has 0 fully saturated rings. The highest BCUT2D eigenvalue weighted by molar-refractivity contribution is 7.92. The summed E-state index contributed by atoms with van der Waals surface area (Å²) >= 11 is 0. The Kier molecular flexibility index (Phi) is 3.21. The van der Waals surface area contributed by atoms with Gasteiger partial charge in [-0.05, 0) is 13.0 Å². The van der Waals surface area contributed by atoms with E-state index in [1.54, 1.807) is 0 Å². The number of aryl methyl sites for hydroxylation is 1. The number of aromatic amines is 1. The van der Waals surface area contributed by atoms with Crippen LogP contribution in [0.5, 0.6) is 0 Å². The van der Waals surface area contributed by atoms with Crippen LogP contribution in [0.3, 0.4) is 0 Å². The van der Waals surface area contributed by atoms with Crippen molar-refractivity contribution in [3.05, 3.63) is 46.3 Å². The Morgan fingerprint density at radius 1 is 1.42 bits per heavy atom. The number of nitrogens with one attached hydrogen (secondary N) is 2. The first kappa shape index (κ1) is 13.0. The lowest BCUT2D eigenvalue weighted by Gasteiger charge is -2.06. The van der Waals surface area contributed by atoms with Gasteiger partial charge in [-0.25, -0.2) is 8.42 Å². The van der Waals surface area contributed by atoms with Crippen LogP contribution in [0, 0.1) is 17.0 Å². The molecule has 0 bridgehead atoms. The van der Waals surface area contributed by atoms with Crippen LogP contribution in [0.15, 0.2) is 35.5 Å². The van der Waals surface area contributed by atoms with Crippen LogP contribution in [0.1, 0.15) is 5.56 Å². The number of nitro benzene ring substituents is 1.